The fraction of sp³-hybridized carbons (Fsp3) is 0.385. The summed E-state index contributed by atoms with van der Waals surface area (Å²) in [5, 5.41) is 11.8. The topological polar surface area (TPSA) is 75.6 Å². The Hall–Kier alpha value is -1.46. The number of ether oxygens (including phenoxy) is 1. The molecule has 1 aromatic rings. The molecule has 1 rings (SSSR count). The predicted molar refractivity (Wildman–Crippen MR) is 76.8 cm³/mol. The number of hydrogen-bond acceptors (Lipinski definition) is 3. The van der Waals surface area contributed by atoms with Gasteiger partial charge in [-0.25, -0.2) is 4.79 Å². The van der Waals surface area contributed by atoms with Gasteiger partial charge in [-0.15, -0.1) is 0 Å². The number of amides is 1. The van der Waals surface area contributed by atoms with Crippen LogP contribution in [0.15, 0.2) is 12.1 Å². The third-order valence-electron chi connectivity index (χ3n) is 2.65. The Kier molecular flexibility index (Phi) is 6.10. The van der Waals surface area contributed by atoms with Crippen molar-refractivity contribution in [3.63, 3.8) is 0 Å². The lowest BCUT2D eigenvalue weighted by Gasteiger charge is -2.14. The van der Waals surface area contributed by atoms with Crippen molar-refractivity contribution in [3.8, 4) is 5.75 Å². The first-order valence-corrected chi connectivity index (χ1v) is 6.73. The number of hydrogen-bond donors (Lipinski definition) is 2. The Morgan fingerprint density at radius 3 is 2.30 bits per heavy atom. The molecule has 0 aromatic heterocycles. The van der Waals surface area contributed by atoms with E-state index in [9.17, 15) is 9.59 Å². The maximum absolute atomic E-state index is 12.0. The number of benzene rings is 1. The van der Waals surface area contributed by atoms with E-state index in [-0.39, 0.29) is 21.4 Å². The Labute approximate surface area is 126 Å². The van der Waals surface area contributed by atoms with Crippen LogP contribution >= 0.6 is 23.2 Å². The second-order valence-corrected chi connectivity index (χ2v) is 4.94. The first-order valence-electron chi connectivity index (χ1n) is 5.97. The second kappa shape index (κ2) is 7.36. The van der Waals surface area contributed by atoms with Gasteiger partial charge in [0.25, 0.3) is 5.91 Å². The monoisotopic (exact) mass is 319 g/mol. The first-order chi connectivity index (χ1) is 9.40. The quantitative estimate of drug-likeness (QED) is 0.845. The maximum atomic E-state index is 12.0. The number of halogens is 2. The number of carbonyl (C=O) groups is 2. The number of methoxy groups -OCH3 is 1. The van der Waals surface area contributed by atoms with E-state index in [2.05, 4.69) is 5.32 Å². The summed E-state index contributed by atoms with van der Waals surface area (Å²) in [5.41, 5.74) is 0.183. The minimum atomic E-state index is -1.08. The van der Waals surface area contributed by atoms with Crippen LogP contribution in [0.25, 0.3) is 0 Å². The van der Waals surface area contributed by atoms with Gasteiger partial charge >= 0.3 is 5.97 Å². The van der Waals surface area contributed by atoms with E-state index in [0.717, 1.165) is 0 Å². The summed E-state index contributed by atoms with van der Waals surface area (Å²) >= 11 is 11.9. The largest absolute Gasteiger partial charge is 0.494 e. The molecule has 0 spiro atoms. The maximum Gasteiger partial charge on any atom is 0.326 e. The number of carboxylic acid groups (broad SMARTS) is 1. The molecule has 110 valence electrons. The summed E-state index contributed by atoms with van der Waals surface area (Å²) in [5.74, 6) is -1.35. The molecule has 0 aliphatic heterocycles. The fourth-order valence-corrected chi connectivity index (χ4v) is 2.31. The third kappa shape index (κ3) is 4.02. The lowest BCUT2D eigenvalue weighted by Crippen LogP contribution is -2.40. The molecule has 0 aliphatic rings. The van der Waals surface area contributed by atoms with Crippen LogP contribution in [0.5, 0.6) is 5.75 Å². The molecule has 5 nitrogen and oxygen atoms in total. The molecule has 0 fully saturated rings. The van der Waals surface area contributed by atoms with Crippen LogP contribution in [0.4, 0.5) is 0 Å². The van der Waals surface area contributed by atoms with Gasteiger partial charge in [-0.3, -0.25) is 4.79 Å². The van der Waals surface area contributed by atoms with Crippen molar-refractivity contribution in [2.75, 3.05) is 7.11 Å². The zero-order chi connectivity index (χ0) is 15.3. The SMILES string of the molecule is CCC[C@@H](NC(=O)c1cc(Cl)c(OC)c(Cl)c1)C(=O)O. The highest BCUT2D eigenvalue weighted by Gasteiger charge is 2.21. The molecular formula is C13H15Cl2NO4. The van der Waals surface area contributed by atoms with Gasteiger partial charge in [0.2, 0.25) is 0 Å². The molecule has 0 heterocycles. The molecule has 1 aromatic carbocycles. The highest BCUT2D eigenvalue weighted by atomic mass is 35.5. The smallest absolute Gasteiger partial charge is 0.326 e. The highest BCUT2D eigenvalue weighted by molar-refractivity contribution is 6.37. The molecule has 7 heteroatoms. The third-order valence-corrected chi connectivity index (χ3v) is 3.21. The molecule has 0 saturated carbocycles. The van der Waals surface area contributed by atoms with Crippen LogP contribution in [-0.4, -0.2) is 30.1 Å². The van der Waals surface area contributed by atoms with Crippen LogP contribution in [-0.2, 0) is 4.79 Å². The van der Waals surface area contributed by atoms with Gasteiger partial charge in [0.15, 0.2) is 5.75 Å². The summed E-state index contributed by atoms with van der Waals surface area (Å²) in [7, 11) is 1.41. The summed E-state index contributed by atoms with van der Waals surface area (Å²) < 4.78 is 4.98. The summed E-state index contributed by atoms with van der Waals surface area (Å²) in [4.78, 5) is 23.0. The van der Waals surface area contributed by atoms with E-state index >= 15 is 0 Å². The Morgan fingerprint density at radius 2 is 1.90 bits per heavy atom. The molecule has 0 aliphatic carbocycles. The van der Waals surface area contributed by atoms with Crippen molar-refractivity contribution in [2.24, 2.45) is 0 Å². The first kappa shape index (κ1) is 16.6. The van der Waals surface area contributed by atoms with Crippen LogP contribution in [0.1, 0.15) is 30.1 Å². The van der Waals surface area contributed by atoms with E-state index in [1.54, 1.807) is 0 Å². The summed E-state index contributed by atoms with van der Waals surface area (Å²) in [6, 6.07) is 1.82. The van der Waals surface area contributed by atoms with Crippen LogP contribution in [0.2, 0.25) is 10.0 Å². The van der Waals surface area contributed by atoms with E-state index in [1.165, 1.54) is 19.2 Å². The predicted octanol–water partition coefficient (Wildman–Crippen LogP) is 2.99. The van der Waals surface area contributed by atoms with Crippen molar-refractivity contribution in [1.29, 1.82) is 0 Å². The lowest BCUT2D eigenvalue weighted by molar-refractivity contribution is -0.139. The van der Waals surface area contributed by atoms with E-state index < -0.39 is 17.9 Å². The Balaban J connectivity index is 2.95. The zero-order valence-corrected chi connectivity index (χ0v) is 12.6. The number of aliphatic carboxylic acids is 1. The zero-order valence-electron chi connectivity index (χ0n) is 11.1. The van der Waals surface area contributed by atoms with Gasteiger partial charge in [-0.1, -0.05) is 36.5 Å². The normalized spacial score (nSPS) is 11.8. The van der Waals surface area contributed by atoms with Crippen molar-refractivity contribution >= 4 is 35.1 Å². The minimum Gasteiger partial charge on any atom is -0.494 e. The van der Waals surface area contributed by atoms with Crippen LogP contribution in [0.3, 0.4) is 0 Å². The van der Waals surface area contributed by atoms with Gasteiger partial charge in [0.05, 0.1) is 17.2 Å². The Bertz CT molecular complexity index is 496. The molecule has 20 heavy (non-hydrogen) atoms. The van der Waals surface area contributed by atoms with Crippen molar-refractivity contribution in [3.05, 3.63) is 27.7 Å². The van der Waals surface area contributed by atoms with Crippen molar-refractivity contribution < 1.29 is 19.4 Å². The highest BCUT2D eigenvalue weighted by Crippen LogP contribution is 2.33. The molecule has 0 saturated heterocycles. The number of nitrogens with one attached hydrogen (secondary N) is 1. The molecular weight excluding hydrogens is 305 g/mol. The molecule has 1 amide bonds. The molecule has 2 N–H and O–H groups in total. The number of rotatable bonds is 6. The van der Waals surface area contributed by atoms with E-state index in [4.69, 9.17) is 33.0 Å². The van der Waals surface area contributed by atoms with Gasteiger partial charge in [0, 0.05) is 5.56 Å². The lowest BCUT2D eigenvalue weighted by atomic mass is 10.1. The second-order valence-electron chi connectivity index (χ2n) is 4.13. The molecule has 0 radical (unpaired) electrons. The summed E-state index contributed by atoms with van der Waals surface area (Å²) in [6.07, 6.45) is 0.986. The molecule has 1 atom stereocenters. The summed E-state index contributed by atoms with van der Waals surface area (Å²) in [6.45, 7) is 1.84. The van der Waals surface area contributed by atoms with Crippen LogP contribution in [0, 0.1) is 0 Å². The standard InChI is InChI=1S/C13H15Cl2NO4/c1-3-4-10(13(18)19)16-12(17)7-5-8(14)11(20-2)9(15)6-7/h5-6,10H,3-4H2,1-2H3,(H,16,17)(H,18,19)/t10-/m1/s1. The average Bonchev–Trinajstić information content (AvgIpc) is 2.37. The Morgan fingerprint density at radius 1 is 1.35 bits per heavy atom. The van der Waals surface area contributed by atoms with Crippen LogP contribution < -0.4 is 10.1 Å². The van der Waals surface area contributed by atoms with Crippen molar-refractivity contribution in [2.45, 2.75) is 25.8 Å². The van der Waals surface area contributed by atoms with E-state index in [1.807, 2.05) is 6.92 Å². The van der Waals surface area contributed by atoms with Gasteiger partial charge in [0.1, 0.15) is 6.04 Å². The molecule has 0 unspecified atom stereocenters. The molecule has 0 bridgehead atoms. The fourth-order valence-electron chi connectivity index (χ4n) is 1.67. The average molecular weight is 320 g/mol. The van der Waals surface area contributed by atoms with E-state index in [0.29, 0.717) is 12.8 Å². The van der Waals surface area contributed by atoms with Crippen molar-refractivity contribution in [1.82, 2.24) is 5.32 Å². The number of carbonyl (C=O) groups excluding carboxylic acids is 1. The van der Waals surface area contributed by atoms with Gasteiger partial charge < -0.3 is 15.2 Å². The van der Waals surface area contributed by atoms with Gasteiger partial charge in [-0.05, 0) is 18.6 Å². The van der Waals surface area contributed by atoms with Gasteiger partial charge in [-0.2, -0.15) is 0 Å². The number of carboxylic acids is 1. The minimum absolute atomic E-state index is 0.183.